The number of hydrogen-bond acceptors (Lipinski definition) is 7. The second-order valence-electron chi connectivity index (χ2n) is 12.4. The summed E-state index contributed by atoms with van der Waals surface area (Å²) in [6.45, 7) is 1.92. The van der Waals surface area contributed by atoms with Crippen molar-refractivity contribution >= 4 is 22.7 Å². The number of fused-ring (bicyclic) bond motifs is 2. The first-order valence-electron chi connectivity index (χ1n) is 13.4. The van der Waals surface area contributed by atoms with Crippen LogP contribution in [0.25, 0.3) is 16.7 Å². The zero-order valence-corrected chi connectivity index (χ0v) is 22.0. The molecule has 1 saturated carbocycles. The summed E-state index contributed by atoms with van der Waals surface area (Å²) in [4.78, 5) is 6.00. The Bertz CT molecular complexity index is 1490. The van der Waals surface area contributed by atoms with Crippen molar-refractivity contribution in [1.82, 2.24) is 9.88 Å². The maximum absolute atomic E-state index is 14.8. The number of alkyl halides is 3. The lowest BCUT2D eigenvalue weighted by molar-refractivity contribution is -0.170. The average molecular weight is 544 g/mol. The quantitative estimate of drug-likeness (QED) is 0.517. The molecule has 39 heavy (non-hydrogen) atoms. The van der Waals surface area contributed by atoms with E-state index in [1.165, 1.54) is 0 Å². The van der Waals surface area contributed by atoms with Crippen molar-refractivity contribution in [2.75, 3.05) is 19.8 Å². The number of hydrogen-bond donors (Lipinski definition) is 3. The number of nitrogen functional groups attached to an aromatic ring is 1. The number of anilines is 1. The topological polar surface area (TPSA) is 105 Å². The summed E-state index contributed by atoms with van der Waals surface area (Å²) in [5, 5.41) is 22.0. The van der Waals surface area contributed by atoms with Crippen LogP contribution in [0.1, 0.15) is 44.6 Å². The lowest BCUT2D eigenvalue weighted by Gasteiger charge is -2.57. The van der Waals surface area contributed by atoms with Crippen LogP contribution in [-0.4, -0.2) is 69.8 Å². The molecule has 0 amide bonds. The fraction of sp³-hybridized carbons (Fsp3) is 0.552. The Morgan fingerprint density at radius 2 is 1.95 bits per heavy atom. The van der Waals surface area contributed by atoms with Crippen LogP contribution >= 0.6 is 0 Å². The van der Waals surface area contributed by atoms with Gasteiger partial charge >= 0.3 is 6.18 Å². The molecular formula is C29H32F3N3O4. The number of nitrogens with zero attached hydrogens (tertiary/aromatic N) is 2. The second-order valence-corrected chi connectivity index (χ2v) is 12.4. The van der Waals surface area contributed by atoms with E-state index in [2.05, 4.69) is 4.98 Å². The SMILES string of the molecule is CN(C)[C@H]1C[C@@]23CC[C@@]4(O2)C(=C(C(F)(F)F)C[C@]2(C)C(c5ccc6nc(N)oc6c5)=CCC24)C=C3[C@@H](O)[C@@H]1O. The van der Waals surface area contributed by atoms with Gasteiger partial charge in [0.05, 0.1) is 17.3 Å². The van der Waals surface area contributed by atoms with Crippen LogP contribution in [0.5, 0.6) is 0 Å². The predicted molar refractivity (Wildman–Crippen MR) is 138 cm³/mol. The van der Waals surface area contributed by atoms with E-state index in [1.807, 2.05) is 38.1 Å². The van der Waals surface area contributed by atoms with Crippen molar-refractivity contribution < 1.29 is 32.5 Å². The van der Waals surface area contributed by atoms with Crippen LogP contribution in [-0.2, 0) is 4.74 Å². The van der Waals surface area contributed by atoms with Gasteiger partial charge in [0.1, 0.15) is 11.6 Å². The van der Waals surface area contributed by atoms with Crippen molar-refractivity contribution in [3.63, 3.8) is 0 Å². The van der Waals surface area contributed by atoms with Gasteiger partial charge in [-0.3, -0.25) is 0 Å². The maximum atomic E-state index is 14.8. The Morgan fingerprint density at radius 1 is 1.18 bits per heavy atom. The monoisotopic (exact) mass is 543 g/mol. The van der Waals surface area contributed by atoms with E-state index >= 15 is 0 Å². The minimum absolute atomic E-state index is 0.0420. The third kappa shape index (κ3) is 3.23. The van der Waals surface area contributed by atoms with Crippen molar-refractivity contribution in [2.24, 2.45) is 11.3 Å². The highest BCUT2D eigenvalue weighted by Crippen LogP contribution is 2.70. The average Bonchev–Trinajstić information content (AvgIpc) is 3.50. The summed E-state index contributed by atoms with van der Waals surface area (Å²) < 4.78 is 57.0. The van der Waals surface area contributed by atoms with E-state index in [0.717, 1.165) is 11.1 Å². The molecule has 3 aliphatic carbocycles. The molecule has 1 unspecified atom stereocenters. The van der Waals surface area contributed by atoms with Gasteiger partial charge in [0.2, 0.25) is 0 Å². The first-order valence-corrected chi connectivity index (χ1v) is 13.4. The number of benzene rings is 1. The normalized spacial score (nSPS) is 39.5. The third-order valence-corrected chi connectivity index (χ3v) is 10.2. The summed E-state index contributed by atoms with van der Waals surface area (Å²) in [6.07, 6.45) is -1.72. The van der Waals surface area contributed by atoms with E-state index in [1.54, 1.807) is 18.2 Å². The minimum Gasteiger partial charge on any atom is -0.424 e. The fourth-order valence-corrected chi connectivity index (χ4v) is 8.49. The van der Waals surface area contributed by atoms with Gasteiger partial charge in [-0.1, -0.05) is 25.1 Å². The number of rotatable bonds is 2. The molecule has 1 aromatic heterocycles. The first kappa shape index (κ1) is 25.3. The van der Waals surface area contributed by atoms with Crippen molar-refractivity contribution in [3.8, 4) is 0 Å². The van der Waals surface area contributed by atoms with E-state index in [4.69, 9.17) is 14.9 Å². The Kier molecular flexibility index (Phi) is 5.03. The molecule has 0 radical (unpaired) electrons. The van der Waals surface area contributed by atoms with E-state index in [-0.39, 0.29) is 30.0 Å². The number of aliphatic hydroxyl groups is 2. The fourth-order valence-electron chi connectivity index (χ4n) is 8.49. The number of allylic oxidation sites excluding steroid dienone is 3. The number of likely N-dealkylation sites (N-methyl/N-ethyl adjacent to an activating group) is 1. The number of ether oxygens (including phenoxy) is 1. The highest BCUT2D eigenvalue weighted by Gasteiger charge is 2.69. The second kappa shape index (κ2) is 7.75. The number of aromatic nitrogens is 1. The van der Waals surface area contributed by atoms with Crippen LogP contribution < -0.4 is 5.73 Å². The number of nitrogens with two attached hydrogens (primary N) is 1. The lowest BCUT2D eigenvalue weighted by atomic mass is 9.56. The molecule has 7 nitrogen and oxygen atoms in total. The van der Waals surface area contributed by atoms with Crippen LogP contribution in [0.4, 0.5) is 19.2 Å². The van der Waals surface area contributed by atoms with Gasteiger partial charge in [-0.15, -0.1) is 0 Å². The summed E-state index contributed by atoms with van der Waals surface area (Å²) >= 11 is 0. The largest absolute Gasteiger partial charge is 0.424 e. The maximum Gasteiger partial charge on any atom is 0.413 e. The lowest BCUT2D eigenvalue weighted by Crippen LogP contribution is -2.62. The molecule has 1 saturated heterocycles. The third-order valence-electron chi connectivity index (χ3n) is 10.2. The van der Waals surface area contributed by atoms with Crippen LogP contribution in [0.15, 0.2) is 51.5 Å². The Labute approximate surface area is 223 Å². The molecule has 2 aliphatic heterocycles. The molecule has 4 N–H and O–H groups in total. The molecule has 2 aromatic rings. The first-order chi connectivity index (χ1) is 18.3. The molecule has 2 spiro atoms. The van der Waals surface area contributed by atoms with Gasteiger partial charge in [0.25, 0.3) is 6.01 Å². The molecule has 7 atom stereocenters. The van der Waals surface area contributed by atoms with Gasteiger partial charge < -0.3 is 30.0 Å². The molecule has 10 heteroatoms. The van der Waals surface area contributed by atoms with Gasteiger partial charge in [0.15, 0.2) is 5.58 Å². The number of oxazole rings is 1. The Hall–Kier alpha value is -2.66. The highest BCUT2D eigenvalue weighted by atomic mass is 19.4. The molecule has 2 fully saturated rings. The Balaban J connectivity index is 1.39. The Morgan fingerprint density at radius 3 is 2.67 bits per heavy atom. The standard InChI is InChI=1S/C29H32F3N3O4/c1-26-12-18(29(30,31)32)16-11-17-23(36)24(37)20(35(2)3)13-27(17)8-9-28(16,39-27)22(26)7-5-15(26)14-4-6-19-21(10-14)38-25(33)34-19/h4-6,10-11,20,22-24,36-37H,7-9,12-13H2,1-3H3,(H2,33,34)/t20-,22?,23+,24+,26+,27+,28+/m0/s1. The number of halogens is 3. The smallest absolute Gasteiger partial charge is 0.413 e. The molecule has 5 aliphatic rings. The van der Waals surface area contributed by atoms with Gasteiger partial charge in [0, 0.05) is 22.9 Å². The number of aliphatic hydroxyl groups excluding tert-OH is 2. The van der Waals surface area contributed by atoms with Gasteiger partial charge in [-0.25, -0.2) is 0 Å². The van der Waals surface area contributed by atoms with Crippen LogP contribution in [0.2, 0.25) is 0 Å². The zero-order valence-electron chi connectivity index (χ0n) is 22.0. The van der Waals surface area contributed by atoms with E-state index in [0.29, 0.717) is 42.4 Å². The van der Waals surface area contributed by atoms with Crippen LogP contribution in [0, 0.1) is 11.3 Å². The van der Waals surface area contributed by atoms with Crippen molar-refractivity contribution in [2.45, 2.75) is 74.7 Å². The van der Waals surface area contributed by atoms with Crippen LogP contribution in [0.3, 0.4) is 0 Å². The molecule has 1 aromatic carbocycles. The van der Waals surface area contributed by atoms with Crippen molar-refractivity contribution in [3.05, 3.63) is 52.6 Å². The molecule has 208 valence electrons. The highest BCUT2D eigenvalue weighted by molar-refractivity contribution is 5.83. The molecular weight excluding hydrogens is 511 g/mol. The predicted octanol–water partition coefficient (Wildman–Crippen LogP) is 4.37. The minimum atomic E-state index is -4.58. The van der Waals surface area contributed by atoms with E-state index < -0.39 is 40.6 Å². The molecule has 7 rings (SSSR count). The molecule has 3 heterocycles. The zero-order chi connectivity index (χ0) is 27.7. The summed E-state index contributed by atoms with van der Waals surface area (Å²) in [5.41, 5.74) is 5.42. The van der Waals surface area contributed by atoms with E-state index in [9.17, 15) is 23.4 Å². The van der Waals surface area contributed by atoms with Crippen molar-refractivity contribution in [1.29, 1.82) is 0 Å². The van der Waals surface area contributed by atoms with Gasteiger partial charge in [-0.2, -0.15) is 18.2 Å². The summed E-state index contributed by atoms with van der Waals surface area (Å²) in [7, 11) is 3.66. The summed E-state index contributed by atoms with van der Waals surface area (Å²) in [6, 6.07) is 5.11. The molecule has 2 bridgehead atoms. The summed E-state index contributed by atoms with van der Waals surface area (Å²) in [5.74, 6) is -0.226. The van der Waals surface area contributed by atoms with Gasteiger partial charge in [-0.05, 0) is 80.6 Å².